The molecule has 5 heteroatoms. The second-order valence-corrected chi connectivity index (χ2v) is 7.36. The van der Waals surface area contributed by atoms with Crippen LogP contribution in [0.4, 0.5) is 5.69 Å². The Morgan fingerprint density at radius 3 is 2.43 bits per heavy atom. The summed E-state index contributed by atoms with van der Waals surface area (Å²) in [5.41, 5.74) is 4.46. The zero-order valence-electron chi connectivity index (χ0n) is 16.8. The van der Waals surface area contributed by atoms with E-state index in [-0.39, 0.29) is 5.57 Å². The van der Waals surface area contributed by atoms with Crippen molar-refractivity contribution in [1.29, 1.82) is 5.26 Å². The van der Waals surface area contributed by atoms with Crippen LogP contribution in [0, 0.1) is 25.2 Å². The molecule has 0 aliphatic carbocycles. The minimum absolute atomic E-state index is 0.00250. The van der Waals surface area contributed by atoms with Gasteiger partial charge < -0.3 is 10.1 Å². The molecular weight excluding hydrogens is 396 g/mol. The predicted octanol–water partition coefficient (Wildman–Crippen LogP) is 6.08. The Hall–Kier alpha value is -3.55. The van der Waals surface area contributed by atoms with E-state index in [1.165, 1.54) is 5.56 Å². The molecule has 3 aromatic carbocycles. The second kappa shape index (κ2) is 9.78. The van der Waals surface area contributed by atoms with E-state index in [1.807, 2.05) is 62.4 Å². The normalized spacial score (nSPS) is 10.9. The van der Waals surface area contributed by atoms with Gasteiger partial charge in [0, 0.05) is 10.7 Å². The molecule has 0 saturated heterocycles. The SMILES string of the molecule is Cc1ccc(COc2ccc(/C=C(\C#N)C(=O)Nc3cc(Cl)ccc3C)cc2)cc1. The molecule has 0 saturated carbocycles. The third kappa shape index (κ3) is 5.73. The van der Waals surface area contributed by atoms with Gasteiger partial charge in [-0.05, 0) is 60.9 Å². The van der Waals surface area contributed by atoms with Gasteiger partial charge in [0.2, 0.25) is 0 Å². The van der Waals surface area contributed by atoms with Gasteiger partial charge in [0.1, 0.15) is 24.0 Å². The number of carbonyl (C=O) groups excluding carboxylic acids is 1. The van der Waals surface area contributed by atoms with Crippen LogP contribution in [0.15, 0.2) is 72.3 Å². The molecule has 0 bridgehead atoms. The lowest BCUT2D eigenvalue weighted by Gasteiger charge is -2.09. The van der Waals surface area contributed by atoms with Gasteiger partial charge in [-0.1, -0.05) is 59.6 Å². The molecule has 0 heterocycles. The molecule has 0 aliphatic heterocycles. The quantitative estimate of drug-likeness (QED) is 0.391. The van der Waals surface area contributed by atoms with Gasteiger partial charge in [-0.15, -0.1) is 0 Å². The van der Waals surface area contributed by atoms with Gasteiger partial charge in [-0.3, -0.25) is 4.79 Å². The average Bonchev–Trinajstić information content (AvgIpc) is 2.75. The Morgan fingerprint density at radius 2 is 1.77 bits per heavy atom. The second-order valence-electron chi connectivity index (χ2n) is 6.93. The Morgan fingerprint density at radius 1 is 1.07 bits per heavy atom. The van der Waals surface area contributed by atoms with E-state index in [4.69, 9.17) is 16.3 Å². The fourth-order valence-electron chi connectivity index (χ4n) is 2.75. The zero-order valence-corrected chi connectivity index (χ0v) is 17.5. The van der Waals surface area contributed by atoms with E-state index < -0.39 is 5.91 Å². The van der Waals surface area contributed by atoms with Crippen LogP contribution in [0.3, 0.4) is 0 Å². The van der Waals surface area contributed by atoms with Crippen LogP contribution >= 0.6 is 11.6 Å². The lowest BCUT2D eigenvalue weighted by atomic mass is 10.1. The van der Waals surface area contributed by atoms with Gasteiger partial charge in [0.15, 0.2) is 0 Å². The first-order valence-corrected chi connectivity index (χ1v) is 9.80. The van der Waals surface area contributed by atoms with Crippen LogP contribution in [0.2, 0.25) is 5.02 Å². The molecule has 3 aromatic rings. The number of amides is 1. The molecule has 0 aromatic heterocycles. The number of nitrogens with zero attached hydrogens (tertiary/aromatic N) is 1. The summed E-state index contributed by atoms with van der Waals surface area (Å²) in [5, 5.41) is 12.7. The van der Waals surface area contributed by atoms with Crippen molar-refractivity contribution in [3.8, 4) is 11.8 Å². The molecule has 3 rings (SSSR count). The highest BCUT2D eigenvalue weighted by atomic mass is 35.5. The highest BCUT2D eigenvalue weighted by Gasteiger charge is 2.11. The van der Waals surface area contributed by atoms with Gasteiger partial charge in [-0.2, -0.15) is 5.26 Å². The number of carbonyl (C=O) groups is 1. The number of hydrogen-bond acceptors (Lipinski definition) is 3. The van der Waals surface area contributed by atoms with Crippen LogP contribution in [0.5, 0.6) is 5.75 Å². The van der Waals surface area contributed by atoms with E-state index in [2.05, 4.69) is 5.32 Å². The number of rotatable bonds is 6. The number of ether oxygens (including phenoxy) is 1. The molecule has 1 amide bonds. The van der Waals surface area contributed by atoms with Crippen molar-refractivity contribution in [2.45, 2.75) is 20.5 Å². The van der Waals surface area contributed by atoms with Crippen molar-refractivity contribution >= 4 is 29.3 Å². The zero-order chi connectivity index (χ0) is 21.5. The third-order valence-electron chi connectivity index (χ3n) is 4.53. The molecule has 0 unspecified atom stereocenters. The van der Waals surface area contributed by atoms with Gasteiger partial charge in [-0.25, -0.2) is 0 Å². The van der Waals surface area contributed by atoms with Crippen LogP contribution in [0.25, 0.3) is 6.08 Å². The van der Waals surface area contributed by atoms with Crippen LogP contribution in [-0.4, -0.2) is 5.91 Å². The molecule has 150 valence electrons. The maximum atomic E-state index is 12.5. The molecular formula is C25H21ClN2O2. The molecule has 30 heavy (non-hydrogen) atoms. The Kier molecular flexibility index (Phi) is 6.90. The van der Waals surface area contributed by atoms with Crippen LogP contribution in [0.1, 0.15) is 22.3 Å². The molecule has 0 aliphatic rings. The summed E-state index contributed by atoms with van der Waals surface area (Å²) >= 11 is 5.99. The average molecular weight is 417 g/mol. The standard InChI is InChI=1S/C25H21ClN2O2/c1-17-3-6-20(7-4-17)16-30-23-11-8-19(9-12-23)13-21(15-27)25(29)28-24-14-22(26)10-5-18(24)2/h3-14H,16H2,1-2H3,(H,28,29)/b21-13+. The van der Waals surface area contributed by atoms with Gasteiger partial charge >= 0.3 is 0 Å². The highest BCUT2D eigenvalue weighted by Crippen LogP contribution is 2.21. The molecule has 4 nitrogen and oxygen atoms in total. The van der Waals surface area contributed by atoms with Gasteiger partial charge in [0.25, 0.3) is 5.91 Å². The molecule has 0 spiro atoms. The predicted molar refractivity (Wildman–Crippen MR) is 120 cm³/mol. The van der Waals surface area contributed by atoms with Crippen LogP contribution < -0.4 is 10.1 Å². The number of aryl methyl sites for hydroxylation is 2. The fraction of sp³-hybridized carbons (Fsp3) is 0.120. The molecule has 0 atom stereocenters. The largest absolute Gasteiger partial charge is 0.489 e. The first kappa shape index (κ1) is 21.2. The highest BCUT2D eigenvalue weighted by molar-refractivity contribution is 6.31. The summed E-state index contributed by atoms with van der Waals surface area (Å²) in [4.78, 5) is 12.5. The number of nitriles is 1. The van der Waals surface area contributed by atoms with Crippen molar-refractivity contribution < 1.29 is 9.53 Å². The lowest BCUT2D eigenvalue weighted by molar-refractivity contribution is -0.112. The third-order valence-corrected chi connectivity index (χ3v) is 4.77. The van der Waals surface area contributed by atoms with Gasteiger partial charge in [0.05, 0.1) is 0 Å². The van der Waals surface area contributed by atoms with Crippen molar-refractivity contribution in [3.05, 3.63) is 99.6 Å². The lowest BCUT2D eigenvalue weighted by Crippen LogP contribution is -2.14. The smallest absolute Gasteiger partial charge is 0.266 e. The summed E-state index contributed by atoms with van der Waals surface area (Å²) in [6.07, 6.45) is 1.54. The first-order chi connectivity index (χ1) is 14.4. The van der Waals surface area contributed by atoms with E-state index in [0.29, 0.717) is 23.1 Å². The number of benzene rings is 3. The summed E-state index contributed by atoms with van der Waals surface area (Å²) < 4.78 is 5.79. The fourth-order valence-corrected chi connectivity index (χ4v) is 2.92. The van der Waals surface area contributed by atoms with Crippen molar-refractivity contribution in [2.75, 3.05) is 5.32 Å². The Balaban J connectivity index is 1.66. The minimum atomic E-state index is -0.484. The Bertz CT molecular complexity index is 1110. The summed E-state index contributed by atoms with van der Waals surface area (Å²) in [7, 11) is 0. The van der Waals surface area contributed by atoms with E-state index in [0.717, 1.165) is 16.7 Å². The molecule has 1 N–H and O–H groups in total. The van der Waals surface area contributed by atoms with Crippen LogP contribution in [-0.2, 0) is 11.4 Å². The maximum absolute atomic E-state index is 12.5. The molecule has 0 radical (unpaired) electrons. The van der Waals surface area contributed by atoms with E-state index in [1.54, 1.807) is 30.3 Å². The van der Waals surface area contributed by atoms with Crippen molar-refractivity contribution in [3.63, 3.8) is 0 Å². The summed E-state index contributed by atoms with van der Waals surface area (Å²) in [5.74, 6) is 0.229. The number of halogens is 1. The number of nitrogens with one attached hydrogen (secondary N) is 1. The van der Waals surface area contributed by atoms with Crippen molar-refractivity contribution in [1.82, 2.24) is 0 Å². The first-order valence-electron chi connectivity index (χ1n) is 9.42. The monoisotopic (exact) mass is 416 g/mol. The summed E-state index contributed by atoms with van der Waals surface area (Å²) in [6.45, 7) is 4.38. The minimum Gasteiger partial charge on any atom is -0.489 e. The van der Waals surface area contributed by atoms with E-state index in [9.17, 15) is 10.1 Å². The number of anilines is 1. The maximum Gasteiger partial charge on any atom is 0.266 e. The van der Waals surface area contributed by atoms with E-state index >= 15 is 0 Å². The summed E-state index contributed by atoms with van der Waals surface area (Å²) in [6, 6.07) is 22.6. The molecule has 0 fully saturated rings. The number of hydrogen-bond donors (Lipinski definition) is 1. The Labute approximate surface area is 181 Å². The topological polar surface area (TPSA) is 62.1 Å². The van der Waals surface area contributed by atoms with Crippen molar-refractivity contribution in [2.24, 2.45) is 0 Å².